The number of ether oxygens (including phenoxy) is 1. The van der Waals surface area contributed by atoms with Crippen LogP contribution in [0.15, 0.2) is 24.4 Å². The van der Waals surface area contributed by atoms with Gasteiger partial charge in [-0.15, -0.1) is 0 Å². The molecule has 1 N–H and O–H groups in total. The van der Waals surface area contributed by atoms with Crippen molar-refractivity contribution in [2.45, 2.75) is 71.2 Å². The van der Waals surface area contributed by atoms with Crippen LogP contribution in [0.1, 0.15) is 52.7 Å². The molecule has 2 heterocycles. The summed E-state index contributed by atoms with van der Waals surface area (Å²) in [6.07, 6.45) is 4.97. The highest BCUT2D eigenvalue weighted by Crippen LogP contribution is 2.22. The Kier molecular flexibility index (Phi) is 5.99. The van der Waals surface area contributed by atoms with Crippen LogP contribution in [0, 0.1) is 0 Å². The second-order valence-electron chi connectivity index (χ2n) is 7.29. The van der Waals surface area contributed by atoms with Gasteiger partial charge in [0.1, 0.15) is 5.60 Å². The quantitative estimate of drug-likeness (QED) is 0.924. The molecular weight excluding hydrogens is 290 g/mol. The van der Waals surface area contributed by atoms with Gasteiger partial charge in [-0.1, -0.05) is 12.5 Å². The first kappa shape index (κ1) is 17.7. The maximum Gasteiger partial charge on any atom is 0.407 e. The predicted octanol–water partition coefficient (Wildman–Crippen LogP) is 3.35. The number of nitrogens with one attached hydrogen (secondary N) is 1. The molecule has 1 aliphatic rings. The topological polar surface area (TPSA) is 54.5 Å². The highest BCUT2D eigenvalue weighted by Gasteiger charge is 2.29. The number of rotatable bonds is 4. The Hall–Kier alpha value is -1.62. The number of aromatic nitrogens is 1. The maximum absolute atomic E-state index is 12.0. The maximum atomic E-state index is 12.0. The van der Waals surface area contributed by atoms with Crippen molar-refractivity contribution < 1.29 is 9.53 Å². The predicted molar refractivity (Wildman–Crippen MR) is 91.1 cm³/mol. The molecule has 1 saturated heterocycles. The van der Waals surface area contributed by atoms with E-state index in [0.29, 0.717) is 6.04 Å². The molecule has 0 aliphatic carbocycles. The molecule has 0 spiro atoms. The summed E-state index contributed by atoms with van der Waals surface area (Å²) in [7, 11) is 0. The van der Waals surface area contributed by atoms with Crippen molar-refractivity contribution >= 4 is 6.09 Å². The number of hydrogen-bond donors (Lipinski definition) is 1. The lowest BCUT2D eigenvalue weighted by Gasteiger charge is -2.39. The average molecular weight is 319 g/mol. The fourth-order valence-corrected chi connectivity index (χ4v) is 3.07. The number of carbonyl (C=O) groups excluding carboxylic acids is 1. The molecule has 2 atom stereocenters. The molecule has 0 aromatic carbocycles. The van der Waals surface area contributed by atoms with Gasteiger partial charge in [-0.05, 0) is 59.2 Å². The van der Waals surface area contributed by atoms with E-state index in [0.717, 1.165) is 25.2 Å². The molecule has 1 aromatic rings. The van der Waals surface area contributed by atoms with E-state index in [4.69, 9.17) is 4.74 Å². The van der Waals surface area contributed by atoms with Crippen LogP contribution in [0.4, 0.5) is 4.79 Å². The fourth-order valence-electron chi connectivity index (χ4n) is 3.07. The Morgan fingerprint density at radius 2 is 2.22 bits per heavy atom. The zero-order valence-corrected chi connectivity index (χ0v) is 14.7. The van der Waals surface area contributed by atoms with Crippen LogP contribution in [-0.4, -0.2) is 40.2 Å². The SMILES string of the molecule is CC(NC(=O)OC(C)(C)C)C1CCCCN1Cc1ccccn1. The van der Waals surface area contributed by atoms with Gasteiger partial charge in [-0.2, -0.15) is 0 Å². The third-order valence-electron chi connectivity index (χ3n) is 4.08. The van der Waals surface area contributed by atoms with Gasteiger partial charge in [-0.25, -0.2) is 4.79 Å². The van der Waals surface area contributed by atoms with Gasteiger partial charge in [-0.3, -0.25) is 9.88 Å². The smallest absolute Gasteiger partial charge is 0.407 e. The van der Waals surface area contributed by atoms with Gasteiger partial charge >= 0.3 is 6.09 Å². The second-order valence-corrected chi connectivity index (χ2v) is 7.29. The largest absolute Gasteiger partial charge is 0.444 e. The number of alkyl carbamates (subject to hydrolysis) is 1. The molecule has 5 heteroatoms. The number of carbonyl (C=O) groups is 1. The normalized spacial score (nSPS) is 20.8. The van der Waals surface area contributed by atoms with Crippen LogP contribution in [0.25, 0.3) is 0 Å². The minimum atomic E-state index is -0.468. The van der Waals surface area contributed by atoms with Crippen molar-refractivity contribution in [1.29, 1.82) is 0 Å². The molecule has 0 saturated carbocycles. The number of likely N-dealkylation sites (tertiary alicyclic amines) is 1. The first-order valence-corrected chi connectivity index (χ1v) is 8.48. The zero-order valence-electron chi connectivity index (χ0n) is 14.7. The number of nitrogens with zero attached hydrogens (tertiary/aromatic N) is 2. The third kappa shape index (κ3) is 5.82. The number of piperidine rings is 1. The first-order chi connectivity index (χ1) is 10.8. The van der Waals surface area contributed by atoms with E-state index in [1.807, 2.05) is 39.1 Å². The van der Waals surface area contributed by atoms with Gasteiger partial charge in [0.15, 0.2) is 0 Å². The molecule has 2 rings (SSSR count). The lowest BCUT2D eigenvalue weighted by Crippen LogP contribution is -2.52. The molecule has 1 fully saturated rings. The standard InChI is InChI=1S/C18H29N3O2/c1-14(20-17(22)23-18(2,3)4)16-10-6-8-12-21(16)13-15-9-5-7-11-19-15/h5,7,9,11,14,16H,6,8,10,12-13H2,1-4H3,(H,20,22). The molecule has 23 heavy (non-hydrogen) atoms. The summed E-state index contributed by atoms with van der Waals surface area (Å²) in [5.74, 6) is 0. The zero-order chi connectivity index (χ0) is 16.9. The van der Waals surface area contributed by atoms with E-state index in [1.54, 1.807) is 0 Å². The van der Waals surface area contributed by atoms with Crippen LogP contribution in [0.2, 0.25) is 0 Å². The molecule has 2 unspecified atom stereocenters. The molecule has 0 radical (unpaired) electrons. The number of pyridine rings is 1. The Morgan fingerprint density at radius 3 is 2.87 bits per heavy atom. The summed E-state index contributed by atoms with van der Waals surface area (Å²) in [5.41, 5.74) is 0.605. The van der Waals surface area contributed by atoms with Gasteiger partial charge in [0.2, 0.25) is 0 Å². The van der Waals surface area contributed by atoms with E-state index in [9.17, 15) is 4.79 Å². The monoisotopic (exact) mass is 319 g/mol. The number of amides is 1. The van der Waals surface area contributed by atoms with E-state index in [-0.39, 0.29) is 12.1 Å². The fraction of sp³-hybridized carbons (Fsp3) is 0.667. The molecule has 1 aromatic heterocycles. The Bertz CT molecular complexity index is 499. The van der Waals surface area contributed by atoms with E-state index < -0.39 is 5.60 Å². The summed E-state index contributed by atoms with van der Waals surface area (Å²) in [5, 5.41) is 3.00. The summed E-state index contributed by atoms with van der Waals surface area (Å²) >= 11 is 0. The van der Waals surface area contributed by atoms with Gasteiger partial charge in [0.25, 0.3) is 0 Å². The lowest BCUT2D eigenvalue weighted by atomic mass is 9.96. The van der Waals surface area contributed by atoms with Gasteiger partial charge in [0, 0.05) is 24.8 Å². The molecular formula is C18H29N3O2. The minimum Gasteiger partial charge on any atom is -0.444 e. The Morgan fingerprint density at radius 1 is 1.43 bits per heavy atom. The summed E-state index contributed by atoms with van der Waals surface area (Å²) in [4.78, 5) is 18.9. The summed E-state index contributed by atoms with van der Waals surface area (Å²) in [6, 6.07) is 6.37. The van der Waals surface area contributed by atoms with Crippen molar-refractivity contribution in [3.05, 3.63) is 30.1 Å². The van der Waals surface area contributed by atoms with Crippen molar-refractivity contribution in [2.24, 2.45) is 0 Å². The van der Waals surface area contributed by atoms with Crippen molar-refractivity contribution in [1.82, 2.24) is 15.2 Å². The molecule has 128 valence electrons. The van der Waals surface area contributed by atoms with Gasteiger partial charge in [0.05, 0.1) is 5.69 Å². The van der Waals surface area contributed by atoms with E-state index in [2.05, 4.69) is 28.2 Å². The van der Waals surface area contributed by atoms with Crippen LogP contribution >= 0.6 is 0 Å². The lowest BCUT2D eigenvalue weighted by molar-refractivity contribution is 0.0435. The highest BCUT2D eigenvalue weighted by molar-refractivity contribution is 5.68. The molecule has 1 amide bonds. The average Bonchev–Trinajstić information content (AvgIpc) is 2.46. The Balaban J connectivity index is 1.95. The van der Waals surface area contributed by atoms with Crippen LogP contribution < -0.4 is 5.32 Å². The van der Waals surface area contributed by atoms with Crippen molar-refractivity contribution in [2.75, 3.05) is 6.54 Å². The van der Waals surface area contributed by atoms with E-state index in [1.165, 1.54) is 12.8 Å². The molecule has 5 nitrogen and oxygen atoms in total. The van der Waals surface area contributed by atoms with Gasteiger partial charge < -0.3 is 10.1 Å². The summed E-state index contributed by atoms with van der Waals surface area (Å²) in [6.45, 7) is 9.57. The molecule has 0 bridgehead atoms. The van der Waals surface area contributed by atoms with E-state index >= 15 is 0 Å². The van der Waals surface area contributed by atoms with Crippen LogP contribution in [0.3, 0.4) is 0 Å². The second kappa shape index (κ2) is 7.77. The minimum absolute atomic E-state index is 0.0499. The highest BCUT2D eigenvalue weighted by atomic mass is 16.6. The van der Waals surface area contributed by atoms with Crippen molar-refractivity contribution in [3.63, 3.8) is 0 Å². The van der Waals surface area contributed by atoms with Crippen molar-refractivity contribution in [3.8, 4) is 0 Å². The summed E-state index contributed by atoms with van der Waals surface area (Å²) < 4.78 is 5.37. The number of hydrogen-bond acceptors (Lipinski definition) is 4. The van der Waals surface area contributed by atoms with Crippen LogP contribution in [-0.2, 0) is 11.3 Å². The molecule has 1 aliphatic heterocycles. The Labute approximate surface area is 139 Å². The first-order valence-electron chi connectivity index (χ1n) is 8.48. The van der Waals surface area contributed by atoms with Crippen LogP contribution in [0.5, 0.6) is 0 Å². The third-order valence-corrected chi connectivity index (χ3v) is 4.08.